The molecule has 0 unspecified atom stereocenters. The monoisotopic (exact) mass is 343 g/mol. The van der Waals surface area contributed by atoms with Gasteiger partial charge in [0.25, 0.3) is 0 Å². The number of nitrogens with two attached hydrogens (primary N) is 1. The molecule has 0 aliphatic rings. The van der Waals surface area contributed by atoms with Crippen LogP contribution in [-0.4, -0.2) is 39.5 Å². The van der Waals surface area contributed by atoms with Crippen LogP contribution in [0.15, 0.2) is 42.6 Å². The molecule has 7 nitrogen and oxygen atoms in total. The van der Waals surface area contributed by atoms with Crippen LogP contribution in [0.2, 0.25) is 0 Å². The third kappa shape index (κ3) is 5.72. The smallest absolute Gasteiger partial charge is 0.242 e. The lowest BCUT2D eigenvalue weighted by Gasteiger charge is -2.23. The van der Waals surface area contributed by atoms with Crippen LogP contribution in [0.1, 0.15) is 25.1 Å². The second kappa shape index (κ2) is 8.98. The van der Waals surface area contributed by atoms with E-state index in [9.17, 15) is 9.59 Å². The molecule has 1 heterocycles. The number of aromatic amines is 1. The Morgan fingerprint density at radius 1 is 1.20 bits per heavy atom. The predicted octanol–water partition coefficient (Wildman–Crippen LogP) is 1.04. The van der Waals surface area contributed by atoms with E-state index < -0.39 is 6.04 Å². The fourth-order valence-corrected chi connectivity index (χ4v) is 2.31. The van der Waals surface area contributed by atoms with Gasteiger partial charge in [0.2, 0.25) is 11.8 Å². The second-order valence-electron chi connectivity index (χ2n) is 6.30. The number of H-pyrrole nitrogens is 1. The summed E-state index contributed by atoms with van der Waals surface area (Å²) in [6.07, 6.45) is 1.64. The van der Waals surface area contributed by atoms with E-state index >= 15 is 0 Å². The number of aromatic nitrogens is 2. The summed E-state index contributed by atoms with van der Waals surface area (Å²) in [4.78, 5) is 26.2. The quantitative estimate of drug-likeness (QED) is 0.666. The Morgan fingerprint density at radius 3 is 2.52 bits per heavy atom. The van der Waals surface area contributed by atoms with Crippen molar-refractivity contribution in [2.75, 3.05) is 6.54 Å². The van der Waals surface area contributed by atoms with Crippen molar-refractivity contribution in [2.24, 2.45) is 11.7 Å². The van der Waals surface area contributed by atoms with Crippen LogP contribution < -0.4 is 11.1 Å². The fraction of sp³-hybridized carbons (Fsp3) is 0.389. The number of carbonyl (C=O) groups excluding carboxylic acids is 2. The first kappa shape index (κ1) is 18.7. The van der Waals surface area contributed by atoms with Gasteiger partial charge in [-0.3, -0.25) is 14.7 Å². The van der Waals surface area contributed by atoms with Crippen LogP contribution >= 0.6 is 0 Å². The lowest BCUT2D eigenvalue weighted by atomic mass is 10.1. The van der Waals surface area contributed by atoms with E-state index in [1.807, 2.05) is 50.2 Å². The summed E-state index contributed by atoms with van der Waals surface area (Å²) in [6, 6.07) is 10.9. The van der Waals surface area contributed by atoms with Crippen molar-refractivity contribution >= 4 is 11.8 Å². The molecule has 0 aliphatic heterocycles. The third-order valence-corrected chi connectivity index (χ3v) is 3.92. The van der Waals surface area contributed by atoms with E-state index in [0.717, 1.165) is 11.3 Å². The summed E-state index contributed by atoms with van der Waals surface area (Å²) in [5, 5.41) is 9.39. The van der Waals surface area contributed by atoms with Crippen molar-refractivity contribution in [2.45, 2.75) is 33.0 Å². The summed E-state index contributed by atoms with van der Waals surface area (Å²) in [5.74, 6) is -0.479. The SMILES string of the molecule is CC(C)[C@H](N)C(=O)NCC(=O)N(Cc1ccccc1)Cc1ccn[nH]1. The van der Waals surface area contributed by atoms with Crippen molar-refractivity contribution < 1.29 is 9.59 Å². The molecule has 0 bridgehead atoms. The molecule has 25 heavy (non-hydrogen) atoms. The number of hydrogen-bond donors (Lipinski definition) is 3. The van der Waals surface area contributed by atoms with Gasteiger partial charge in [-0.05, 0) is 17.5 Å². The zero-order chi connectivity index (χ0) is 18.2. The highest BCUT2D eigenvalue weighted by Gasteiger charge is 2.20. The number of amides is 2. The van der Waals surface area contributed by atoms with Gasteiger partial charge in [-0.25, -0.2) is 0 Å². The second-order valence-corrected chi connectivity index (χ2v) is 6.30. The standard InChI is InChI=1S/C18H25N5O2/c1-13(2)17(19)18(25)20-10-16(24)23(12-15-8-9-21-22-15)11-14-6-4-3-5-7-14/h3-9,13,17H,10-12,19H2,1-2H3,(H,20,25)(H,21,22)/t17-/m0/s1. The Balaban J connectivity index is 2.01. The molecule has 1 atom stereocenters. The van der Waals surface area contributed by atoms with Gasteiger partial charge >= 0.3 is 0 Å². The van der Waals surface area contributed by atoms with Crippen molar-refractivity contribution in [3.63, 3.8) is 0 Å². The molecule has 0 fully saturated rings. The molecule has 1 aromatic carbocycles. The minimum atomic E-state index is -0.622. The Bertz CT molecular complexity index is 670. The topological polar surface area (TPSA) is 104 Å². The molecule has 2 amide bonds. The Kier molecular flexibility index (Phi) is 6.71. The zero-order valence-electron chi connectivity index (χ0n) is 14.6. The molecular formula is C18H25N5O2. The van der Waals surface area contributed by atoms with Crippen LogP contribution in [0.25, 0.3) is 0 Å². The van der Waals surface area contributed by atoms with E-state index in [2.05, 4.69) is 15.5 Å². The lowest BCUT2D eigenvalue weighted by molar-refractivity contribution is -0.134. The highest BCUT2D eigenvalue weighted by molar-refractivity contribution is 5.87. The van der Waals surface area contributed by atoms with E-state index in [4.69, 9.17) is 5.73 Å². The third-order valence-electron chi connectivity index (χ3n) is 3.92. The van der Waals surface area contributed by atoms with Gasteiger partial charge in [0.1, 0.15) is 0 Å². The molecular weight excluding hydrogens is 318 g/mol. The molecule has 0 saturated heterocycles. The number of benzene rings is 1. The summed E-state index contributed by atoms with van der Waals surface area (Å²) < 4.78 is 0. The maximum absolute atomic E-state index is 12.6. The average molecular weight is 343 g/mol. The molecule has 4 N–H and O–H groups in total. The molecule has 134 valence electrons. The van der Waals surface area contributed by atoms with Crippen LogP contribution in [0.5, 0.6) is 0 Å². The Hall–Kier alpha value is -2.67. The number of nitrogens with one attached hydrogen (secondary N) is 2. The number of rotatable bonds is 8. The first-order chi connectivity index (χ1) is 12.0. The molecule has 2 rings (SSSR count). The first-order valence-electron chi connectivity index (χ1n) is 8.30. The normalized spacial score (nSPS) is 12.0. The maximum atomic E-state index is 12.6. The fourth-order valence-electron chi connectivity index (χ4n) is 2.31. The van der Waals surface area contributed by atoms with E-state index in [1.54, 1.807) is 11.1 Å². The Morgan fingerprint density at radius 2 is 1.92 bits per heavy atom. The molecule has 7 heteroatoms. The average Bonchev–Trinajstić information content (AvgIpc) is 3.12. The molecule has 0 aliphatic carbocycles. The van der Waals surface area contributed by atoms with Crippen molar-refractivity contribution in [3.8, 4) is 0 Å². The lowest BCUT2D eigenvalue weighted by Crippen LogP contribution is -2.47. The molecule has 2 aromatic rings. The highest BCUT2D eigenvalue weighted by Crippen LogP contribution is 2.09. The van der Waals surface area contributed by atoms with E-state index in [1.165, 1.54) is 0 Å². The van der Waals surface area contributed by atoms with E-state index in [-0.39, 0.29) is 24.3 Å². The molecule has 0 spiro atoms. The number of carbonyl (C=O) groups is 2. The predicted molar refractivity (Wildman–Crippen MR) is 95.1 cm³/mol. The summed E-state index contributed by atoms with van der Waals surface area (Å²) >= 11 is 0. The van der Waals surface area contributed by atoms with Gasteiger partial charge in [-0.15, -0.1) is 0 Å². The maximum Gasteiger partial charge on any atom is 0.242 e. The Labute approximate surface area is 147 Å². The van der Waals surface area contributed by atoms with Crippen molar-refractivity contribution in [1.82, 2.24) is 20.4 Å². The minimum Gasteiger partial charge on any atom is -0.346 e. The van der Waals surface area contributed by atoms with Gasteiger partial charge in [-0.1, -0.05) is 44.2 Å². The number of hydrogen-bond acceptors (Lipinski definition) is 4. The van der Waals surface area contributed by atoms with Crippen LogP contribution in [0.3, 0.4) is 0 Å². The highest BCUT2D eigenvalue weighted by atomic mass is 16.2. The summed E-state index contributed by atoms with van der Waals surface area (Å²) in [6.45, 7) is 4.49. The number of nitrogens with zero attached hydrogens (tertiary/aromatic N) is 2. The van der Waals surface area contributed by atoms with Gasteiger partial charge in [0.15, 0.2) is 0 Å². The van der Waals surface area contributed by atoms with Crippen molar-refractivity contribution in [1.29, 1.82) is 0 Å². The van der Waals surface area contributed by atoms with Crippen LogP contribution in [0, 0.1) is 5.92 Å². The molecule has 0 radical (unpaired) electrons. The van der Waals surface area contributed by atoms with Gasteiger partial charge < -0.3 is 16.0 Å². The molecule has 1 aromatic heterocycles. The summed E-state index contributed by atoms with van der Waals surface area (Å²) in [7, 11) is 0. The molecule has 0 saturated carbocycles. The largest absolute Gasteiger partial charge is 0.346 e. The first-order valence-corrected chi connectivity index (χ1v) is 8.30. The van der Waals surface area contributed by atoms with Crippen molar-refractivity contribution in [3.05, 3.63) is 53.9 Å². The summed E-state index contributed by atoms with van der Waals surface area (Å²) in [5.41, 5.74) is 7.65. The van der Waals surface area contributed by atoms with Gasteiger partial charge in [0.05, 0.1) is 24.8 Å². The van der Waals surface area contributed by atoms with Gasteiger partial charge in [0, 0.05) is 12.7 Å². The minimum absolute atomic E-state index is 0.0144. The van der Waals surface area contributed by atoms with E-state index in [0.29, 0.717) is 13.1 Å². The van der Waals surface area contributed by atoms with Crippen LogP contribution in [0.4, 0.5) is 0 Å². The van der Waals surface area contributed by atoms with Crippen LogP contribution in [-0.2, 0) is 22.7 Å². The zero-order valence-corrected chi connectivity index (χ0v) is 14.6. The van der Waals surface area contributed by atoms with Gasteiger partial charge in [-0.2, -0.15) is 5.10 Å².